The summed E-state index contributed by atoms with van der Waals surface area (Å²) in [5.74, 6) is 0.995. The molecule has 2 heterocycles. The van der Waals surface area contributed by atoms with E-state index in [1.807, 2.05) is 17.5 Å². The molecule has 0 unspecified atom stereocenters. The molecule has 2 rings (SSSR count). The Hall–Kier alpha value is -1.40. The standard InChI is InChI=1S/C8H8N4OS/c13-4-3-7-9-11-8(12-10-7)6-2-1-5-14-6/h1-2,5,13H,3-4H2. The largest absolute Gasteiger partial charge is 0.396 e. The van der Waals surface area contributed by atoms with Crippen molar-refractivity contribution in [2.24, 2.45) is 0 Å². The summed E-state index contributed by atoms with van der Waals surface area (Å²) in [5, 5.41) is 26.1. The normalized spacial score (nSPS) is 10.4. The van der Waals surface area contributed by atoms with Crippen LogP contribution in [0.25, 0.3) is 10.7 Å². The Bertz CT molecular complexity index is 386. The number of hydrogen-bond donors (Lipinski definition) is 1. The third kappa shape index (κ3) is 1.91. The van der Waals surface area contributed by atoms with Crippen molar-refractivity contribution in [2.75, 3.05) is 6.61 Å². The molecule has 2 aromatic heterocycles. The van der Waals surface area contributed by atoms with E-state index in [2.05, 4.69) is 20.4 Å². The molecular formula is C8H8N4OS. The fourth-order valence-corrected chi connectivity index (χ4v) is 1.60. The number of thiophene rings is 1. The predicted molar refractivity (Wildman–Crippen MR) is 51.7 cm³/mol. The molecule has 0 amide bonds. The Morgan fingerprint density at radius 2 is 2.00 bits per heavy atom. The van der Waals surface area contributed by atoms with Crippen molar-refractivity contribution in [3.05, 3.63) is 23.3 Å². The molecule has 0 fully saturated rings. The average molecular weight is 208 g/mol. The maximum Gasteiger partial charge on any atom is 0.213 e. The molecule has 0 atom stereocenters. The van der Waals surface area contributed by atoms with Crippen molar-refractivity contribution in [3.63, 3.8) is 0 Å². The van der Waals surface area contributed by atoms with Crippen molar-refractivity contribution >= 4 is 11.3 Å². The molecule has 6 heteroatoms. The summed E-state index contributed by atoms with van der Waals surface area (Å²) in [6.45, 7) is 0.0156. The zero-order valence-corrected chi connectivity index (χ0v) is 8.11. The molecule has 72 valence electrons. The van der Waals surface area contributed by atoms with Gasteiger partial charge in [0.2, 0.25) is 5.82 Å². The topological polar surface area (TPSA) is 71.8 Å². The molecule has 0 aliphatic rings. The van der Waals surface area contributed by atoms with Gasteiger partial charge in [0.1, 0.15) is 0 Å². The lowest BCUT2D eigenvalue weighted by atomic mass is 10.4. The van der Waals surface area contributed by atoms with Gasteiger partial charge < -0.3 is 5.11 Å². The second-order valence-electron chi connectivity index (χ2n) is 2.59. The lowest BCUT2D eigenvalue weighted by Crippen LogP contribution is -2.04. The van der Waals surface area contributed by atoms with Gasteiger partial charge in [-0.2, -0.15) is 0 Å². The number of aromatic nitrogens is 4. The van der Waals surface area contributed by atoms with Crippen LogP contribution < -0.4 is 0 Å². The van der Waals surface area contributed by atoms with Crippen molar-refractivity contribution in [1.29, 1.82) is 0 Å². The van der Waals surface area contributed by atoms with Gasteiger partial charge in [-0.1, -0.05) is 6.07 Å². The molecule has 0 bridgehead atoms. The van der Waals surface area contributed by atoms with Crippen LogP contribution in [-0.4, -0.2) is 32.1 Å². The van der Waals surface area contributed by atoms with Crippen LogP contribution in [0.3, 0.4) is 0 Å². The van der Waals surface area contributed by atoms with E-state index < -0.39 is 0 Å². The number of aliphatic hydroxyl groups is 1. The molecule has 14 heavy (non-hydrogen) atoms. The third-order valence-electron chi connectivity index (χ3n) is 1.60. The van der Waals surface area contributed by atoms with Crippen LogP contribution >= 0.6 is 11.3 Å². The Morgan fingerprint density at radius 1 is 1.21 bits per heavy atom. The monoisotopic (exact) mass is 208 g/mol. The van der Waals surface area contributed by atoms with E-state index in [-0.39, 0.29) is 6.61 Å². The van der Waals surface area contributed by atoms with Crippen LogP contribution in [0, 0.1) is 0 Å². The van der Waals surface area contributed by atoms with Crippen LogP contribution in [-0.2, 0) is 6.42 Å². The molecule has 0 saturated heterocycles. The first-order chi connectivity index (χ1) is 6.90. The van der Waals surface area contributed by atoms with Gasteiger partial charge in [-0.15, -0.1) is 31.7 Å². The third-order valence-corrected chi connectivity index (χ3v) is 2.46. The van der Waals surface area contributed by atoms with Gasteiger partial charge in [0.05, 0.1) is 11.5 Å². The van der Waals surface area contributed by atoms with Gasteiger partial charge in [0.15, 0.2) is 5.82 Å². The number of nitrogens with zero attached hydrogens (tertiary/aromatic N) is 4. The zero-order chi connectivity index (χ0) is 9.80. The molecule has 2 aromatic rings. The minimum Gasteiger partial charge on any atom is -0.396 e. The summed E-state index contributed by atoms with van der Waals surface area (Å²) >= 11 is 1.54. The van der Waals surface area contributed by atoms with E-state index in [1.54, 1.807) is 11.3 Å². The summed E-state index contributed by atoms with van der Waals surface area (Å²) in [5.41, 5.74) is 0. The van der Waals surface area contributed by atoms with Crippen LogP contribution in [0.15, 0.2) is 17.5 Å². The van der Waals surface area contributed by atoms with E-state index >= 15 is 0 Å². The summed E-state index contributed by atoms with van der Waals surface area (Å²) in [4.78, 5) is 0.945. The van der Waals surface area contributed by atoms with E-state index in [4.69, 9.17) is 5.11 Å². The molecule has 0 saturated carbocycles. The Morgan fingerprint density at radius 3 is 2.57 bits per heavy atom. The average Bonchev–Trinajstić information content (AvgIpc) is 2.72. The molecule has 0 aromatic carbocycles. The number of hydrogen-bond acceptors (Lipinski definition) is 6. The highest BCUT2D eigenvalue weighted by molar-refractivity contribution is 7.13. The summed E-state index contributed by atoms with van der Waals surface area (Å²) < 4.78 is 0. The van der Waals surface area contributed by atoms with Gasteiger partial charge in [0, 0.05) is 6.42 Å². The Kier molecular flexibility index (Phi) is 2.76. The quantitative estimate of drug-likeness (QED) is 0.796. The van der Waals surface area contributed by atoms with Crippen LogP contribution in [0.1, 0.15) is 5.82 Å². The first kappa shape index (κ1) is 9.17. The van der Waals surface area contributed by atoms with E-state index in [0.717, 1.165) is 4.88 Å². The van der Waals surface area contributed by atoms with Crippen molar-refractivity contribution in [2.45, 2.75) is 6.42 Å². The SMILES string of the molecule is OCCc1nnc(-c2cccs2)nn1. The highest BCUT2D eigenvalue weighted by Crippen LogP contribution is 2.18. The molecule has 0 radical (unpaired) electrons. The zero-order valence-electron chi connectivity index (χ0n) is 7.29. The fraction of sp³-hybridized carbons (Fsp3) is 0.250. The molecule has 1 N–H and O–H groups in total. The van der Waals surface area contributed by atoms with E-state index in [0.29, 0.717) is 18.1 Å². The van der Waals surface area contributed by atoms with Gasteiger partial charge in [-0.25, -0.2) is 0 Å². The number of rotatable bonds is 3. The predicted octanol–water partition coefficient (Wildman–Crippen LogP) is 0.530. The van der Waals surface area contributed by atoms with Crippen LogP contribution in [0.2, 0.25) is 0 Å². The smallest absolute Gasteiger partial charge is 0.213 e. The van der Waals surface area contributed by atoms with E-state index in [1.165, 1.54) is 0 Å². The van der Waals surface area contributed by atoms with Crippen molar-refractivity contribution < 1.29 is 5.11 Å². The summed E-state index contributed by atoms with van der Waals surface area (Å²) in [7, 11) is 0. The van der Waals surface area contributed by atoms with Gasteiger partial charge in [0.25, 0.3) is 0 Å². The van der Waals surface area contributed by atoms with Gasteiger partial charge in [-0.3, -0.25) is 0 Å². The molecular weight excluding hydrogens is 200 g/mol. The summed E-state index contributed by atoms with van der Waals surface area (Å²) in [6, 6.07) is 3.83. The fourth-order valence-electron chi connectivity index (χ4n) is 0.955. The maximum absolute atomic E-state index is 8.64. The second-order valence-corrected chi connectivity index (χ2v) is 3.54. The molecule has 0 aliphatic carbocycles. The first-order valence-electron chi connectivity index (χ1n) is 4.11. The molecule has 5 nitrogen and oxygen atoms in total. The Balaban J connectivity index is 2.22. The van der Waals surface area contributed by atoms with Crippen LogP contribution in [0.5, 0.6) is 0 Å². The van der Waals surface area contributed by atoms with Gasteiger partial charge in [-0.05, 0) is 11.4 Å². The molecule has 0 aliphatic heterocycles. The van der Waals surface area contributed by atoms with Crippen LogP contribution in [0.4, 0.5) is 0 Å². The molecule has 0 spiro atoms. The van der Waals surface area contributed by atoms with Gasteiger partial charge >= 0.3 is 0 Å². The van der Waals surface area contributed by atoms with Crippen molar-refractivity contribution in [1.82, 2.24) is 20.4 Å². The van der Waals surface area contributed by atoms with E-state index in [9.17, 15) is 0 Å². The minimum atomic E-state index is 0.0156. The maximum atomic E-state index is 8.64. The Labute approximate surface area is 84.5 Å². The second kappa shape index (κ2) is 4.21. The first-order valence-corrected chi connectivity index (χ1v) is 4.99. The highest BCUT2D eigenvalue weighted by atomic mass is 32.1. The van der Waals surface area contributed by atoms with Crippen molar-refractivity contribution in [3.8, 4) is 10.7 Å². The minimum absolute atomic E-state index is 0.0156. The highest BCUT2D eigenvalue weighted by Gasteiger charge is 2.04. The number of aliphatic hydroxyl groups excluding tert-OH is 1. The lowest BCUT2D eigenvalue weighted by molar-refractivity contribution is 0.295. The summed E-state index contributed by atoms with van der Waals surface area (Å²) in [6.07, 6.45) is 0.394. The lowest BCUT2D eigenvalue weighted by Gasteiger charge is -1.95.